The van der Waals surface area contributed by atoms with Gasteiger partial charge in [-0.3, -0.25) is 14.4 Å². The van der Waals surface area contributed by atoms with Crippen LogP contribution < -0.4 is 14.4 Å². The average Bonchev–Trinajstić information content (AvgIpc) is 2.97. The number of aliphatic hydroxyl groups is 1. The van der Waals surface area contributed by atoms with Crippen LogP contribution in [0.1, 0.15) is 77.0 Å². The van der Waals surface area contributed by atoms with Crippen LogP contribution in [0.2, 0.25) is 5.02 Å². The highest BCUT2D eigenvalue weighted by molar-refractivity contribution is 6.31. The number of likely N-dealkylation sites (tertiary alicyclic amines) is 1. The molecule has 2 amide bonds. The molecule has 1 aliphatic heterocycles. The second-order valence-electron chi connectivity index (χ2n) is 12.1. The number of carbonyl (C=O) groups excluding carboxylic acids is 3. The van der Waals surface area contributed by atoms with E-state index in [-0.39, 0.29) is 42.0 Å². The molecule has 9 nitrogen and oxygen atoms in total. The molecule has 0 spiro atoms. The summed E-state index contributed by atoms with van der Waals surface area (Å²) in [5.74, 6) is 0.446. The Labute approximate surface area is 260 Å². The Morgan fingerprint density at radius 1 is 1.02 bits per heavy atom. The highest BCUT2D eigenvalue weighted by Gasteiger charge is 2.32. The molecule has 0 unspecified atom stereocenters. The lowest BCUT2D eigenvalue weighted by Gasteiger charge is -2.34. The van der Waals surface area contributed by atoms with Crippen LogP contribution in [0.3, 0.4) is 0 Å². The Balaban J connectivity index is 1.85. The van der Waals surface area contributed by atoms with Gasteiger partial charge in [0.25, 0.3) is 0 Å². The van der Waals surface area contributed by atoms with Gasteiger partial charge >= 0.3 is 5.97 Å². The van der Waals surface area contributed by atoms with E-state index >= 15 is 0 Å². The van der Waals surface area contributed by atoms with Crippen molar-refractivity contribution in [3.05, 3.63) is 52.5 Å². The molecule has 3 rings (SSSR count). The minimum absolute atomic E-state index is 0.0202. The lowest BCUT2D eigenvalue weighted by atomic mass is 9.93. The van der Waals surface area contributed by atoms with Gasteiger partial charge in [-0.25, -0.2) is 0 Å². The van der Waals surface area contributed by atoms with E-state index in [0.717, 1.165) is 12.8 Å². The molecule has 1 N–H and O–H groups in total. The van der Waals surface area contributed by atoms with Crippen molar-refractivity contribution in [1.82, 2.24) is 4.90 Å². The standard InChI is InChI=1S/C33H45ClN2O7/c1-7-43-30(39)18-22-14-16-35(17-15-22)28(37)12-13-29(38)36(21-33(2,3)4)31-25(19-23(34)20-27(31)42-6)32(40)24-10-8-9-11-26(24)41-5/h8-11,19-20,22,32,40H,7,12-18,21H2,1-6H3/t32-/m1/s1. The number of aliphatic hydroxyl groups excluding tert-OH is 1. The first-order valence-corrected chi connectivity index (χ1v) is 15.2. The molecule has 2 aromatic rings. The van der Waals surface area contributed by atoms with Gasteiger partial charge in [0.2, 0.25) is 11.8 Å². The molecule has 10 heteroatoms. The number of ether oxygens (including phenoxy) is 3. The molecule has 0 bridgehead atoms. The molecule has 0 radical (unpaired) electrons. The fourth-order valence-electron chi connectivity index (χ4n) is 5.42. The summed E-state index contributed by atoms with van der Waals surface area (Å²) in [5.41, 5.74) is 0.983. The van der Waals surface area contributed by atoms with Gasteiger partial charge < -0.3 is 29.1 Å². The van der Waals surface area contributed by atoms with E-state index in [1.807, 2.05) is 26.8 Å². The molecular weight excluding hydrogens is 572 g/mol. The van der Waals surface area contributed by atoms with E-state index in [9.17, 15) is 19.5 Å². The molecule has 1 atom stereocenters. The number of amides is 2. The number of carbonyl (C=O) groups is 3. The van der Waals surface area contributed by atoms with Gasteiger partial charge in [0.15, 0.2) is 0 Å². The smallest absolute Gasteiger partial charge is 0.306 e. The minimum Gasteiger partial charge on any atom is -0.496 e. The van der Waals surface area contributed by atoms with Crippen LogP contribution in [-0.2, 0) is 19.1 Å². The lowest BCUT2D eigenvalue weighted by Crippen LogP contribution is -2.41. The summed E-state index contributed by atoms with van der Waals surface area (Å²) in [6.45, 7) is 9.58. The summed E-state index contributed by atoms with van der Waals surface area (Å²) in [7, 11) is 3.02. The van der Waals surface area contributed by atoms with E-state index in [4.69, 9.17) is 25.8 Å². The van der Waals surface area contributed by atoms with Gasteiger partial charge in [-0.2, -0.15) is 0 Å². The normalized spacial score (nSPS) is 14.7. The van der Waals surface area contributed by atoms with E-state index in [2.05, 4.69) is 0 Å². The highest BCUT2D eigenvalue weighted by atomic mass is 35.5. The Morgan fingerprint density at radius 2 is 1.67 bits per heavy atom. The van der Waals surface area contributed by atoms with Crippen molar-refractivity contribution in [2.24, 2.45) is 11.3 Å². The molecule has 1 fully saturated rings. The predicted molar refractivity (Wildman–Crippen MR) is 167 cm³/mol. The molecule has 1 saturated heterocycles. The van der Waals surface area contributed by atoms with Gasteiger partial charge in [-0.05, 0) is 43.2 Å². The zero-order chi connectivity index (χ0) is 31.7. The first-order chi connectivity index (χ1) is 20.4. The Hall–Kier alpha value is -3.30. The van der Waals surface area contributed by atoms with Crippen molar-refractivity contribution >= 4 is 35.1 Å². The number of benzene rings is 2. The van der Waals surface area contributed by atoms with Crippen LogP contribution in [0, 0.1) is 11.3 Å². The summed E-state index contributed by atoms with van der Waals surface area (Å²) in [5, 5.41) is 12.0. The van der Waals surface area contributed by atoms with Crippen LogP contribution in [0.4, 0.5) is 5.69 Å². The molecule has 1 heterocycles. The third-order valence-electron chi connectivity index (χ3n) is 7.50. The van der Waals surface area contributed by atoms with Gasteiger partial charge in [-0.15, -0.1) is 0 Å². The van der Waals surface area contributed by atoms with Crippen molar-refractivity contribution in [2.45, 2.75) is 65.9 Å². The maximum Gasteiger partial charge on any atom is 0.306 e. The summed E-state index contributed by atoms with van der Waals surface area (Å²) in [4.78, 5) is 42.3. The molecule has 43 heavy (non-hydrogen) atoms. The number of hydrogen-bond acceptors (Lipinski definition) is 7. The number of methoxy groups -OCH3 is 2. The zero-order valence-corrected chi connectivity index (χ0v) is 26.9. The number of esters is 1. The molecule has 0 aliphatic carbocycles. The quantitative estimate of drug-likeness (QED) is 0.301. The number of anilines is 1. The zero-order valence-electron chi connectivity index (χ0n) is 26.2. The Kier molecular flexibility index (Phi) is 12.3. The van der Waals surface area contributed by atoms with Crippen molar-refractivity contribution in [1.29, 1.82) is 0 Å². The number of para-hydroxylation sites is 1. The number of hydrogen-bond donors (Lipinski definition) is 1. The maximum atomic E-state index is 13.9. The van der Waals surface area contributed by atoms with Crippen LogP contribution in [0.5, 0.6) is 11.5 Å². The first-order valence-electron chi connectivity index (χ1n) is 14.8. The van der Waals surface area contributed by atoms with Gasteiger partial charge in [-0.1, -0.05) is 50.6 Å². The van der Waals surface area contributed by atoms with Crippen molar-refractivity contribution < 1.29 is 33.7 Å². The SMILES string of the molecule is CCOC(=O)CC1CCN(C(=O)CCC(=O)N(CC(C)(C)C)c2c(OC)cc(Cl)cc2[C@H](O)c2ccccc2OC)CC1. The molecule has 1 aliphatic rings. The monoisotopic (exact) mass is 616 g/mol. The molecule has 0 aromatic heterocycles. The average molecular weight is 617 g/mol. The number of nitrogens with zero attached hydrogens (tertiary/aromatic N) is 2. The minimum atomic E-state index is -1.17. The number of rotatable bonds is 12. The third kappa shape index (κ3) is 9.34. The topological polar surface area (TPSA) is 106 Å². The van der Waals surface area contributed by atoms with Crippen LogP contribution in [0.25, 0.3) is 0 Å². The van der Waals surface area contributed by atoms with E-state index in [1.54, 1.807) is 47.1 Å². The van der Waals surface area contributed by atoms with E-state index in [1.165, 1.54) is 14.2 Å². The Morgan fingerprint density at radius 3 is 2.28 bits per heavy atom. The molecule has 236 valence electrons. The third-order valence-corrected chi connectivity index (χ3v) is 7.72. The second-order valence-corrected chi connectivity index (χ2v) is 12.5. The van der Waals surface area contributed by atoms with Crippen LogP contribution in [0.15, 0.2) is 36.4 Å². The summed E-state index contributed by atoms with van der Waals surface area (Å²) < 4.78 is 16.3. The van der Waals surface area contributed by atoms with E-state index in [0.29, 0.717) is 66.0 Å². The fraction of sp³-hybridized carbons (Fsp3) is 0.545. The van der Waals surface area contributed by atoms with Crippen LogP contribution in [-0.4, -0.2) is 68.3 Å². The molecular formula is C33H45ClN2O7. The second kappa shape index (κ2) is 15.4. The fourth-order valence-corrected chi connectivity index (χ4v) is 5.64. The highest BCUT2D eigenvalue weighted by Crippen LogP contribution is 2.43. The molecule has 2 aromatic carbocycles. The van der Waals surface area contributed by atoms with Gasteiger partial charge in [0.1, 0.15) is 17.6 Å². The number of piperidine rings is 1. The maximum absolute atomic E-state index is 13.9. The lowest BCUT2D eigenvalue weighted by molar-refractivity contribution is -0.144. The summed E-state index contributed by atoms with van der Waals surface area (Å²) >= 11 is 6.46. The van der Waals surface area contributed by atoms with Crippen molar-refractivity contribution in [3.8, 4) is 11.5 Å². The Bertz CT molecular complexity index is 1270. The first kappa shape index (κ1) is 34.2. The van der Waals surface area contributed by atoms with Crippen molar-refractivity contribution in [2.75, 3.05) is 45.4 Å². The van der Waals surface area contributed by atoms with Gasteiger partial charge in [0, 0.05) is 61.1 Å². The van der Waals surface area contributed by atoms with Gasteiger partial charge in [0.05, 0.1) is 26.5 Å². The van der Waals surface area contributed by atoms with Crippen LogP contribution >= 0.6 is 11.6 Å². The summed E-state index contributed by atoms with van der Waals surface area (Å²) in [6.07, 6.45) is 0.659. The van der Waals surface area contributed by atoms with Crippen molar-refractivity contribution in [3.63, 3.8) is 0 Å². The predicted octanol–water partition coefficient (Wildman–Crippen LogP) is 5.79. The van der Waals surface area contributed by atoms with E-state index < -0.39 is 6.10 Å². The largest absolute Gasteiger partial charge is 0.496 e. The summed E-state index contributed by atoms with van der Waals surface area (Å²) in [6, 6.07) is 10.4. The molecule has 0 saturated carbocycles. The number of halogens is 1.